The lowest BCUT2D eigenvalue weighted by molar-refractivity contribution is -0.113. The molecule has 162 valence electrons. The first-order valence-corrected chi connectivity index (χ1v) is 12.0. The van der Waals surface area contributed by atoms with Gasteiger partial charge in [-0.25, -0.2) is 4.98 Å². The van der Waals surface area contributed by atoms with Crippen LogP contribution in [0.1, 0.15) is 24.2 Å². The van der Waals surface area contributed by atoms with E-state index in [-0.39, 0.29) is 23.0 Å². The van der Waals surface area contributed by atoms with Crippen molar-refractivity contribution >= 4 is 50.7 Å². The average Bonchev–Trinajstić information content (AvgIpc) is 3.23. The molecule has 0 aliphatic carbocycles. The zero-order valence-electron chi connectivity index (χ0n) is 17.6. The van der Waals surface area contributed by atoms with Crippen LogP contribution < -0.4 is 10.9 Å². The Morgan fingerprint density at radius 3 is 2.62 bits per heavy atom. The van der Waals surface area contributed by atoms with Crippen LogP contribution in [0.3, 0.4) is 0 Å². The third kappa shape index (κ3) is 4.51. The van der Waals surface area contributed by atoms with Gasteiger partial charge in [0.1, 0.15) is 4.83 Å². The van der Waals surface area contributed by atoms with Gasteiger partial charge in [-0.05, 0) is 31.5 Å². The summed E-state index contributed by atoms with van der Waals surface area (Å²) in [5, 5.41) is 5.88. The van der Waals surface area contributed by atoms with Gasteiger partial charge in [-0.3, -0.25) is 19.0 Å². The minimum Gasteiger partial charge on any atom is -0.325 e. The van der Waals surface area contributed by atoms with Gasteiger partial charge in [0.25, 0.3) is 5.56 Å². The number of ketones is 1. The Morgan fingerprint density at radius 1 is 1.12 bits per heavy atom. The number of carbonyl (C=O) groups excluding carboxylic acids is 2. The van der Waals surface area contributed by atoms with E-state index in [9.17, 15) is 14.4 Å². The highest BCUT2D eigenvalue weighted by atomic mass is 32.2. The highest BCUT2D eigenvalue weighted by Crippen LogP contribution is 2.32. The summed E-state index contributed by atoms with van der Waals surface area (Å²) in [6.07, 6.45) is 0. The number of fused-ring (bicyclic) bond motifs is 1. The maximum Gasteiger partial charge on any atom is 0.263 e. The zero-order valence-corrected chi connectivity index (χ0v) is 19.3. The summed E-state index contributed by atoms with van der Waals surface area (Å²) in [7, 11) is 0. The Labute approximate surface area is 193 Å². The first-order valence-electron chi connectivity index (χ1n) is 10.1. The van der Waals surface area contributed by atoms with Gasteiger partial charge >= 0.3 is 0 Å². The quantitative estimate of drug-likeness (QED) is 0.235. The fourth-order valence-corrected chi connectivity index (χ4v) is 5.22. The van der Waals surface area contributed by atoms with Gasteiger partial charge in [0.05, 0.1) is 11.1 Å². The zero-order chi connectivity index (χ0) is 22.7. The number of thiophene rings is 1. The Hall–Kier alpha value is -3.23. The Kier molecular flexibility index (Phi) is 6.53. The van der Waals surface area contributed by atoms with Crippen LogP contribution >= 0.6 is 23.1 Å². The average molecular weight is 464 g/mol. The molecule has 1 amide bonds. The third-order valence-electron chi connectivity index (χ3n) is 4.94. The number of hydrogen-bond donors (Lipinski definition) is 1. The molecule has 0 unspecified atom stereocenters. The fourth-order valence-electron chi connectivity index (χ4n) is 3.37. The Morgan fingerprint density at radius 2 is 1.91 bits per heavy atom. The molecule has 0 spiro atoms. The fraction of sp³-hybridized carbons (Fsp3) is 0.167. The van der Waals surface area contributed by atoms with Crippen LogP contribution in [0.4, 0.5) is 5.69 Å². The van der Waals surface area contributed by atoms with Crippen molar-refractivity contribution in [1.82, 2.24) is 9.55 Å². The summed E-state index contributed by atoms with van der Waals surface area (Å²) in [4.78, 5) is 42.6. The number of anilines is 1. The molecule has 0 saturated carbocycles. The Balaban J connectivity index is 1.57. The molecule has 1 N–H and O–H groups in total. The smallest absolute Gasteiger partial charge is 0.263 e. The van der Waals surface area contributed by atoms with Gasteiger partial charge in [-0.15, -0.1) is 11.3 Å². The van der Waals surface area contributed by atoms with Gasteiger partial charge in [0.15, 0.2) is 10.9 Å². The summed E-state index contributed by atoms with van der Waals surface area (Å²) in [6, 6.07) is 16.6. The van der Waals surface area contributed by atoms with Gasteiger partial charge in [0, 0.05) is 28.7 Å². The number of rotatable bonds is 7. The molecule has 0 fully saturated rings. The van der Waals surface area contributed by atoms with Crippen molar-refractivity contribution in [2.45, 2.75) is 25.5 Å². The largest absolute Gasteiger partial charge is 0.325 e. The summed E-state index contributed by atoms with van der Waals surface area (Å²) in [5.41, 5.74) is 2.85. The van der Waals surface area contributed by atoms with Gasteiger partial charge < -0.3 is 5.32 Å². The molecule has 4 aromatic rings. The van der Waals surface area contributed by atoms with E-state index in [2.05, 4.69) is 10.3 Å². The number of aromatic nitrogens is 2. The molecule has 8 heteroatoms. The monoisotopic (exact) mass is 463 g/mol. The number of hydrogen-bond acceptors (Lipinski definition) is 6. The number of Topliss-reactive ketones (excluding diaryl/α,β-unsaturated/α-hetero) is 1. The van der Waals surface area contributed by atoms with Crippen LogP contribution in [0.5, 0.6) is 0 Å². The van der Waals surface area contributed by atoms with Crippen molar-refractivity contribution < 1.29 is 9.59 Å². The molecule has 2 heterocycles. The Bertz CT molecular complexity index is 1360. The lowest BCUT2D eigenvalue weighted by atomic mass is 10.1. The highest BCUT2D eigenvalue weighted by Gasteiger charge is 2.17. The van der Waals surface area contributed by atoms with Crippen molar-refractivity contribution in [2.24, 2.45) is 0 Å². The van der Waals surface area contributed by atoms with Gasteiger partial charge in [-0.2, -0.15) is 0 Å². The van der Waals surface area contributed by atoms with E-state index < -0.39 is 0 Å². The van der Waals surface area contributed by atoms with E-state index in [1.807, 2.05) is 42.6 Å². The second-order valence-electron chi connectivity index (χ2n) is 7.11. The molecule has 6 nitrogen and oxygen atoms in total. The maximum atomic E-state index is 13.3. The summed E-state index contributed by atoms with van der Waals surface area (Å²) in [6.45, 7) is 3.83. The normalized spacial score (nSPS) is 10.9. The van der Waals surface area contributed by atoms with Crippen molar-refractivity contribution in [1.29, 1.82) is 0 Å². The lowest BCUT2D eigenvalue weighted by Gasteiger charge is -2.11. The minimum atomic E-state index is -0.233. The maximum absolute atomic E-state index is 13.3. The van der Waals surface area contributed by atoms with Crippen molar-refractivity contribution in [3.8, 4) is 11.1 Å². The summed E-state index contributed by atoms with van der Waals surface area (Å²) < 4.78 is 1.61. The number of nitrogens with one attached hydrogen (secondary N) is 1. The predicted octanol–water partition coefficient (Wildman–Crippen LogP) is 5.08. The molecule has 0 aliphatic heterocycles. The first kappa shape index (κ1) is 22.0. The SMILES string of the molecule is CCn1c(SCC(=O)Nc2cccc(C(C)=O)c2)nc2scc(-c3ccccc3)c2c1=O. The molecule has 0 aliphatic rings. The standard InChI is InChI=1S/C24H21N3O3S2/c1-3-27-23(30)21-19(16-8-5-4-6-9-16)13-31-22(21)26-24(27)32-14-20(29)25-18-11-7-10-17(12-18)15(2)28/h4-13H,3,14H2,1-2H3,(H,25,29). The minimum absolute atomic E-state index is 0.0641. The van der Waals surface area contributed by atoms with E-state index in [1.165, 1.54) is 30.0 Å². The van der Waals surface area contributed by atoms with Crippen molar-refractivity contribution in [3.63, 3.8) is 0 Å². The van der Waals surface area contributed by atoms with Crippen LogP contribution in [0.2, 0.25) is 0 Å². The topological polar surface area (TPSA) is 81.1 Å². The molecule has 4 rings (SSSR count). The molecule has 0 bridgehead atoms. The number of amides is 1. The second kappa shape index (κ2) is 9.50. The number of benzene rings is 2. The van der Waals surface area contributed by atoms with Crippen LogP contribution in [-0.4, -0.2) is 27.0 Å². The van der Waals surface area contributed by atoms with Crippen LogP contribution in [-0.2, 0) is 11.3 Å². The molecule has 0 atom stereocenters. The lowest BCUT2D eigenvalue weighted by Crippen LogP contribution is -2.23. The number of thioether (sulfide) groups is 1. The van der Waals surface area contributed by atoms with E-state index in [1.54, 1.807) is 28.8 Å². The summed E-state index contributed by atoms with van der Waals surface area (Å²) in [5.74, 6) is -0.200. The van der Waals surface area contributed by atoms with Crippen molar-refractivity contribution in [2.75, 3.05) is 11.1 Å². The van der Waals surface area contributed by atoms with Gasteiger partial charge in [0.2, 0.25) is 5.91 Å². The van der Waals surface area contributed by atoms with Gasteiger partial charge in [-0.1, -0.05) is 54.2 Å². The van der Waals surface area contributed by atoms with E-state index in [0.717, 1.165) is 11.1 Å². The molecule has 32 heavy (non-hydrogen) atoms. The first-order chi connectivity index (χ1) is 15.5. The summed E-state index contributed by atoms with van der Waals surface area (Å²) >= 11 is 2.65. The van der Waals surface area contributed by atoms with Crippen molar-refractivity contribution in [3.05, 3.63) is 75.9 Å². The molecular weight excluding hydrogens is 442 g/mol. The van der Waals surface area contributed by atoms with Crippen LogP contribution in [0.25, 0.3) is 21.3 Å². The number of carbonyl (C=O) groups is 2. The number of nitrogens with zero attached hydrogens (tertiary/aromatic N) is 2. The third-order valence-corrected chi connectivity index (χ3v) is 6.79. The molecular formula is C24H21N3O3S2. The molecule has 0 saturated heterocycles. The van der Waals surface area contributed by atoms with E-state index in [0.29, 0.717) is 33.2 Å². The van der Waals surface area contributed by atoms with Crippen LogP contribution in [0.15, 0.2) is 69.9 Å². The molecule has 0 radical (unpaired) electrons. The predicted molar refractivity (Wildman–Crippen MR) is 131 cm³/mol. The molecule has 2 aromatic heterocycles. The second-order valence-corrected chi connectivity index (χ2v) is 8.91. The molecule has 2 aromatic carbocycles. The van der Waals surface area contributed by atoms with E-state index >= 15 is 0 Å². The van der Waals surface area contributed by atoms with E-state index in [4.69, 9.17) is 0 Å². The van der Waals surface area contributed by atoms with Crippen LogP contribution in [0, 0.1) is 0 Å². The highest BCUT2D eigenvalue weighted by molar-refractivity contribution is 7.99.